The minimum atomic E-state index is -3.78. The molecule has 1 saturated heterocycles. The van der Waals surface area contributed by atoms with Gasteiger partial charge in [-0.2, -0.15) is 4.31 Å². The molecule has 0 bridgehead atoms. The molecule has 2 fully saturated rings. The van der Waals surface area contributed by atoms with Gasteiger partial charge in [-0.15, -0.1) is 0 Å². The summed E-state index contributed by atoms with van der Waals surface area (Å²) in [6, 6.07) is 5.65. The van der Waals surface area contributed by atoms with Crippen molar-refractivity contribution in [2.24, 2.45) is 11.8 Å². The maximum atomic E-state index is 13.1. The van der Waals surface area contributed by atoms with Gasteiger partial charge in [-0.1, -0.05) is 6.92 Å². The van der Waals surface area contributed by atoms with Gasteiger partial charge in [0.25, 0.3) is 5.69 Å². The van der Waals surface area contributed by atoms with E-state index in [1.807, 2.05) is 13.8 Å². The van der Waals surface area contributed by atoms with Crippen molar-refractivity contribution in [3.8, 4) is 0 Å². The summed E-state index contributed by atoms with van der Waals surface area (Å²) in [6.07, 6.45) is 5.43. The SMILES string of the molecule is Cc1ccnc([C@H](Nc2ccc(S(=O)(=O)N3CCC[C@H](C)C3)cc2[N+](=O)[O-])C2CC2)n1. The van der Waals surface area contributed by atoms with Crippen LogP contribution in [0.2, 0.25) is 0 Å². The molecule has 2 aliphatic rings. The van der Waals surface area contributed by atoms with Gasteiger partial charge < -0.3 is 5.32 Å². The standard InChI is InChI=1S/C21H27N5O4S/c1-14-4-3-11-25(13-14)31(29,30)17-7-8-18(19(12-17)26(27)28)24-20(16-5-6-16)21-22-10-9-15(2)23-21/h7-10,12,14,16,20,24H,3-6,11,13H2,1-2H3/t14-,20+/m0/s1. The van der Waals surface area contributed by atoms with Crippen molar-refractivity contribution in [2.75, 3.05) is 18.4 Å². The summed E-state index contributed by atoms with van der Waals surface area (Å²) in [7, 11) is -3.78. The van der Waals surface area contributed by atoms with Crippen molar-refractivity contribution in [2.45, 2.75) is 50.5 Å². The molecule has 166 valence electrons. The fourth-order valence-electron chi connectivity index (χ4n) is 4.07. The third-order valence-corrected chi connectivity index (χ3v) is 7.78. The second-order valence-electron chi connectivity index (χ2n) is 8.56. The molecule has 0 amide bonds. The molecule has 1 aliphatic carbocycles. The second-order valence-corrected chi connectivity index (χ2v) is 10.5. The van der Waals surface area contributed by atoms with Crippen molar-refractivity contribution in [3.05, 3.63) is 52.1 Å². The number of piperidine rings is 1. The first-order valence-corrected chi connectivity index (χ1v) is 12.0. The summed E-state index contributed by atoms with van der Waals surface area (Å²) in [5, 5.41) is 15.0. The van der Waals surface area contributed by atoms with Crippen LogP contribution in [0.25, 0.3) is 0 Å². The predicted octanol–water partition coefficient (Wildman–Crippen LogP) is 3.68. The monoisotopic (exact) mass is 445 g/mol. The highest BCUT2D eigenvalue weighted by Crippen LogP contribution is 2.43. The lowest BCUT2D eigenvalue weighted by Gasteiger charge is -2.30. The Kier molecular flexibility index (Phi) is 5.94. The van der Waals surface area contributed by atoms with E-state index in [1.165, 1.54) is 16.4 Å². The minimum absolute atomic E-state index is 0.0476. The van der Waals surface area contributed by atoms with Crippen LogP contribution in [0.15, 0.2) is 35.4 Å². The van der Waals surface area contributed by atoms with E-state index in [-0.39, 0.29) is 28.2 Å². The maximum absolute atomic E-state index is 13.1. The number of nitro groups is 1. The molecule has 1 N–H and O–H groups in total. The molecule has 1 saturated carbocycles. The Bertz CT molecular complexity index is 1090. The first-order chi connectivity index (χ1) is 14.8. The van der Waals surface area contributed by atoms with Crippen LogP contribution >= 0.6 is 0 Å². The number of aromatic nitrogens is 2. The molecular weight excluding hydrogens is 418 g/mol. The first kappa shape index (κ1) is 21.6. The minimum Gasteiger partial charge on any atom is -0.369 e. The van der Waals surface area contributed by atoms with Crippen LogP contribution in [0.1, 0.15) is 50.2 Å². The summed E-state index contributed by atoms with van der Waals surface area (Å²) < 4.78 is 27.6. The summed E-state index contributed by atoms with van der Waals surface area (Å²) in [5.74, 6) is 1.16. The van der Waals surface area contributed by atoms with Gasteiger partial charge in [-0.05, 0) is 62.6 Å². The molecule has 31 heavy (non-hydrogen) atoms. The summed E-state index contributed by atoms with van der Waals surface area (Å²) in [4.78, 5) is 20.1. The van der Waals surface area contributed by atoms with Gasteiger partial charge in [0.05, 0.1) is 15.9 Å². The molecule has 2 heterocycles. The normalized spacial score (nSPS) is 20.9. The number of benzene rings is 1. The van der Waals surface area contributed by atoms with Crippen molar-refractivity contribution >= 4 is 21.4 Å². The Morgan fingerprint density at radius 2 is 2.03 bits per heavy atom. The van der Waals surface area contributed by atoms with E-state index < -0.39 is 14.9 Å². The lowest BCUT2D eigenvalue weighted by Crippen LogP contribution is -2.39. The Morgan fingerprint density at radius 1 is 1.26 bits per heavy atom. The third kappa shape index (κ3) is 4.69. The zero-order valence-electron chi connectivity index (χ0n) is 17.7. The van der Waals surface area contributed by atoms with Crippen LogP contribution < -0.4 is 5.32 Å². The molecule has 0 radical (unpaired) electrons. The topological polar surface area (TPSA) is 118 Å². The van der Waals surface area contributed by atoms with Crippen LogP contribution in [-0.2, 0) is 10.0 Å². The number of anilines is 1. The smallest absolute Gasteiger partial charge is 0.293 e. The van der Waals surface area contributed by atoms with E-state index >= 15 is 0 Å². The number of aryl methyl sites for hydroxylation is 1. The van der Waals surface area contributed by atoms with E-state index in [0.29, 0.717) is 24.8 Å². The maximum Gasteiger partial charge on any atom is 0.293 e. The van der Waals surface area contributed by atoms with Crippen molar-refractivity contribution in [3.63, 3.8) is 0 Å². The summed E-state index contributed by atoms with van der Waals surface area (Å²) in [6.45, 7) is 4.76. The van der Waals surface area contributed by atoms with Crippen molar-refractivity contribution < 1.29 is 13.3 Å². The number of rotatable bonds is 7. The molecule has 1 aromatic carbocycles. The fourth-order valence-corrected chi connectivity index (χ4v) is 5.69. The summed E-state index contributed by atoms with van der Waals surface area (Å²) in [5.41, 5.74) is 0.839. The molecule has 4 rings (SSSR count). The van der Waals surface area contributed by atoms with Gasteiger partial charge in [0.15, 0.2) is 5.82 Å². The van der Waals surface area contributed by atoms with Crippen LogP contribution in [0.4, 0.5) is 11.4 Å². The van der Waals surface area contributed by atoms with Crippen molar-refractivity contribution in [1.82, 2.24) is 14.3 Å². The number of nitro benzene ring substituents is 1. The van der Waals surface area contributed by atoms with Crippen molar-refractivity contribution in [1.29, 1.82) is 0 Å². The van der Waals surface area contributed by atoms with Crippen LogP contribution in [-0.4, -0.2) is 40.7 Å². The Balaban J connectivity index is 1.65. The average Bonchev–Trinajstić information content (AvgIpc) is 3.57. The average molecular weight is 446 g/mol. The van der Waals surface area contributed by atoms with Gasteiger partial charge in [-0.25, -0.2) is 18.4 Å². The third-order valence-electron chi connectivity index (χ3n) is 5.92. The lowest BCUT2D eigenvalue weighted by molar-refractivity contribution is -0.384. The number of sulfonamides is 1. The van der Waals surface area contributed by atoms with E-state index in [4.69, 9.17) is 0 Å². The zero-order valence-corrected chi connectivity index (χ0v) is 18.5. The highest BCUT2D eigenvalue weighted by Gasteiger charge is 2.36. The molecule has 9 nitrogen and oxygen atoms in total. The Labute approximate surface area is 182 Å². The molecule has 1 aliphatic heterocycles. The van der Waals surface area contributed by atoms with E-state index in [9.17, 15) is 18.5 Å². The highest BCUT2D eigenvalue weighted by atomic mass is 32.2. The Morgan fingerprint density at radius 3 is 2.68 bits per heavy atom. The van der Waals surface area contributed by atoms with Gasteiger partial charge in [0.2, 0.25) is 10.0 Å². The molecule has 2 atom stereocenters. The molecule has 10 heteroatoms. The number of hydrogen-bond donors (Lipinski definition) is 1. The Hall–Kier alpha value is -2.59. The number of nitrogens with zero attached hydrogens (tertiary/aromatic N) is 4. The van der Waals surface area contributed by atoms with E-state index in [0.717, 1.165) is 37.4 Å². The second kappa shape index (κ2) is 8.51. The number of hydrogen-bond acceptors (Lipinski definition) is 7. The summed E-state index contributed by atoms with van der Waals surface area (Å²) >= 11 is 0. The van der Waals surface area contributed by atoms with Gasteiger partial charge >= 0.3 is 0 Å². The van der Waals surface area contributed by atoms with Crippen LogP contribution in [0.3, 0.4) is 0 Å². The zero-order chi connectivity index (χ0) is 22.2. The molecule has 2 aromatic rings. The van der Waals surface area contributed by atoms with Crippen LogP contribution in [0, 0.1) is 28.9 Å². The predicted molar refractivity (Wildman–Crippen MR) is 116 cm³/mol. The lowest BCUT2D eigenvalue weighted by atomic mass is 10.0. The largest absolute Gasteiger partial charge is 0.369 e. The fraction of sp³-hybridized carbons (Fsp3) is 0.524. The van der Waals surface area contributed by atoms with E-state index in [1.54, 1.807) is 12.3 Å². The van der Waals surface area contributed by atoms with Gasteiger partial charge in [-0.3, -0.25) is 10.1 Å². The first-order valence-electron chi connectivity index (χ1n) is 10.6. The molecular formula is C21H27N5O4S. The van der Waals surface area contributed by atoms with E-state index in [2.05, 4.69) is 15.3 Å². The highest BCUT2D eigenvalue weighted by molar-refractivity contribution is 7.89. The van der Waals surface area contributed by atoms with Crippen LogP contribution in [0.5, 0.6) is 0 Å². The number of nitrogens with one attached hydrogen (secondary N) is 1. The molecule has 0 unspecified atom stereocenters. The molecule has 1 aromatic heterocycles. The van der Waals surface area contributed by atoms with Gasteiger partial charge in [0.1, 0.15) is 5.69 Å². The molecule has 0 spiro atoms. The quantitative estimate of drug-likeness (QED) is 0.510. The van der Waals surface area contributed by atoms with Gasteiger partial charge in [0, 0.05) is 31.0 Å².